The minimum absolute atomic E-state index is 0.101. The van der Waals surface area contributed by atoms with Gasteiger partial charge in [0.15, 0.2) is 12.7 Å². The van der Waals surface area contributed by atoms with Crippen molar-refractivity contribution < 1.29 is 31.9 Å². The van der Waals surface area contributed by atoms with Gasteiger partial charge in [-0.1, -0.05) is 0 Å². The molecule has 0 aliphatic carbocycles. The summed E-state index contributed by atoms with van der Waals surface area (Å²) in [6.07, 6.45) is -0.720. The van der Waals surface area contributed by atoms with E-state index in [9.17, 15) is 22.4 Å². The summed E-state index contributed by atoms with van der Waals surface area (Å²) in [4.78, 5) is 25.9. The lowest BCUT2D eigenvalue weighted by molar-refractivity contribution is -0.134. The second-order valence-electron chi connectivity index (χ2n) is 7.89. The van der Waals surface area contributed by atoms with Crippen molar-refractivity contribution in [2.45, 2.75) is 24.8 Å². The Kier molecular flexibility index (Phi) is 6.26. The summed E-state index contributed by atoms with van der Waals surface area (Å²) in [5.74, 6) is -0.285. The quantitative estimate of drug-likeness (QED) is 0.704. The van der Waals surface area contributed by atoms with Crippen LogP contribution >= 0.6 is 0 Å². The molecule has 2 aromatic carbocycles. The first kappa shape index (κ1) is 23.0. The largest absolute Gasteiger partial charge is 0.484 e. The number of benzene rings is 2. The molecule has 2 aliphatic heterocycles. The molecule has 0 aromatic heterocycles. The van der Waals surface area contributed by atoms with Crippen LogP contribution in [0.2, 0.25) is 0 Å². The van der Waals surface area contributed by atoms with E-state index in [1.54, 1.807) is 19.9 Å². The first-order valence-corrected chi connectivity index (χ1v) is 11.9. The second kappa shape index (κ2) is 8.99. The van der Waals surface area contributed by atoms with Crippen molar-refractivity contribution >= 4 is 27.5 Å². The van der Waals surface area contributed by atoms with E-state index >= 15 is 0 Å². The Balaban J connectivity index is 1.40. The number of ether oxygens (including phenoxy) is 2. The molecule has 2 aliphatic rings. The lowest BCUT2D eigenvalue weighted by Crippen LogP contribution is -2.51. The van der Waals surface area contributed by atoms with Crippen LogP contribution in [0.5, 0.6) is 11.5 Å². The Bertz CT molecular complexity index is 1180. The summed E-state index contributed by atoms with van der Waals surface area (Å²) in [6, 6.07) is 8.37. The number of fused-ring (bicyclic) bond motifs is 1. The van der Waals surface area contributed by atoms with Crippen LogP contribution in [0.25, 0.3) is 0 Å². The molecule has 9 nitrogen and oxygen atoms in total. The number of nitrogens with zero attached hydrogens (tertiary/aromatic N) is 2. The number of carbonyl (C=O) groups is 2. The summed E-state index contributed by atoms with van der Waals surface area (Å²) in [7, 11) is -3.83. The zero-order valence-corrected chi connectivity index (χ0v) is 19.0. The molecule has 4 rings (SSSR count). The highest BCUT2D eigenvalue weighted by Gasteiger charge is 2.33. The van der Waals surface area contributed by atoms with Crippen LogP contribution < -0.4 is 14.8 Å². The van der Waals surface area contributed by atoms with Crippen molar-refractivity contribution in [2.24, 2.45) is 0 Å². The molecule has 11 heteroatoms. The highest BCUT2D eigenvalue weighted by molar-refractivity contribution is 7.89. The van der Waals surface area contributed by atoms with E-state index in [0.29, 0.717) is 22.7 Å². The molecule has 0 saturated carbocycles. The number of piperazine rings is 1. The summed E-state index contributed by atoms with van der Waals surface area (Å²) in [5, 5.41) is 2.71. The molecule has 1 saturated heterocycles. The number of amides is 2. The van der Waals surface area contributed by atoms with Crippen LogP contribution in [0.3, 0.4) is 0 Å². The van der Waals surface area contributed by atoms with Gasteiger partial charge in [-0.3, -0.25) is 9.59 Å². The Morgan fingerprint density at radius 2 is 1.85 bits per heavy atom. The molecule has 1 atom stereocenters. The first-order chi connectivity index (χ1) is 15.6. The molecular formula is C22H24FN3O6S. The summed E-state index contributed by atoms with van der Waals surface area (Å²) in [6.45, 7) is 3.73. The van der Waals surface area contributed by atoms with E-state index in [1.165, 1.54) is 39.5 Å². The fraction of sp³-hybridized carbons (Fsp3) is 0.364. The second-order valence-corrected chi connectivity index (χ2v) is 9.80. The predicted octanol–water partition coefficient (Wildman–Crippen LogP) is 1.77. The first-order valence-electron chi connectivity index (χ1n) is 10.4. The maximum atomic E-state index is 13.3. The van der Waals surface area contributed by atoms with Crippen LogP contribution in [-0.2, 0) is 19.6 Å². The SMILES string of the molecule is Cc1cc2c(cc1S(=O)(=O)N1CCN(C(=O)COc3ccc(F)cc3)CC1)O[C@@H](C)C(=O)N2. The molecule has 176 valence electrons. The van der Waals surface area contributed by atoms with E-state index in [-0.39, 0.29) is 49.5 Å². The molecule has 2 heterocycles. The Labute approximate surface area is 191 Å². The molecule has 0 bridgehead atoms. The van der Waals surface area contributed by atoms with Gasteiger partial charge in [0.2, 0.25) is 10.0 Å². The molecule has 2 amide bonds. The zero-order valence-electron chi connectivity index (χ0n) is 18.2. The van der Waals surface area contributed by atoms with Crippen molar-refractivity contribution in [1.82, 2.24) is 9.21 Å². The third-order valence-corrected chi connectivity index (χ3v) is 7.63. The van der Waals surface area contributed by atoms with E-state index in [2.05, 4.69) is 5.32 Å². The molecule has 2 aromatic rings. The minimum atomic E-state index is -3.83. The number of sulfonamides is 1. The Morgan fingerprint density at radius 3 is 2.52 bits per heavy atom. The average Bonchev–Trinajstić information content (AvgIpc) is 2.79. The number of hydrogen-bond donors (Lipinski definition) is 1. The molecule has 0 spiro atoms. The van der Waals surface area contributed by atoms with Gasteiger partial charge in [0.1, 0.15) is 17.3 Å². The van der Waals surface area contributed by atoms with Gasteiger partial charge in [-0.25, -0.2) is 12.8 Å². The lowest BCUT2D eigenvalue weighted by Gasteiger charge is -2.34. The van der Waals surface area contributed by atoms with Crippen LogP contribution in [-0.4, -0.2) is 68.3 Å². The maximum Gasteiger partial charge on any atom is 0.265 e. The van der Waals surface area contributed by atoms with Crippen molar-refractivity contribution in [3.63, 3.8) is 0 Å². The monoisotopic (exact) mass is 477 g/mol. The Hall–Kier alpha value is -3.18. The lowest BCUT2D eigenvalue weighted by atomic mass is 10.1. The van der Waals surface area contributed by atoms with Gasteiger partial charge in [-0.15, -0.1) is 0 Å². The van der Waals surface area contributed by atoms with Crippen LogP contribution in [0.15, 0.2) is 41.3 Å². The smallest absolute Gasteiger partial charge is 0.265 e. The van der Waals surface area contributed by atoms with Crippen molar-refractivity contribution in [2.75, 3.05) is 38.1 Å². The van der Waals surface area contributed by atoms with Crippen LogP contribution in [0, 0.1) is 12.7 Å². The standard InChI is InChI=1S/C22H24FN3O6S/c1-14-11-18-19(32-15(2)22(28)24-18)12-20(14)33(29,30)26-9-7-25(8-10-26)21(27)13-31-17-5-3-16(23)4-6-17/h3-6,11-12,15H,7-10,13H2,1-2H3,(H,24,28)/t15-/m0/s1. The van der Waals surface area contributed by atoms with Crippen molar-refractivity contribution in [3.05, 3.63) is 47.8 Å². The number of anilines is 1. The number of halogens is 1. The van der Waals surface area contributed by atoms with E-state index in [1.807, 2.05) is 0 Å². The van der Waals surface area contributed by atoms with Crippen molar-refractivity contribution in [1.29, 1.82) is 0 Å². The van der Waals surface area contributed by atoms with Crippen LogP contribution in [0.1, 0.15) is 12.5 Å². The molecular weight excluding hydrogens is 453 g/mol. The van der Waals surface area contributed by atoms with Gasteiger partial charge in [0.25, 0.3) is 11.8 Å². The average molecular weight is 478 g/mol. The molecule has 1 fully saturated rings. The maximum absolute atomic E-state index is 13.3. The van der Waals surface area contributed by atoms with Crippen LogP contribution in [0.4, 0.5) is 10.1 Å². The van der Waals surface area contributed by atoms with Gasteiger partial charge in [0, 0.05) is 32.2 Å². The third kappa shape index (κ3) is 4.79. The number of aryl methyl sites for hydroxylation is 1. The predicted molar refractivity (Wildman–Crippen MR) is 117 cm³/mol. The molecule has 1 N–H and O–H groups in total. The topological polar surface area (TPSA) is 105 Å². The number of rotatable bonds is 5. The van der Waals surface area contributed by atoms with E-state index in [4.69, 9.17) is 9.47 Å². The van der Waals surface area contributed by atoms with Gasteiger partial charge in [-0.05, 0) is 49.7 Å². The molecule has 0 radical (unpaired) electrons. The fourth-order valence-corrected chi connectivity index (χ4v) is 5.35. The molecule has 33 heavy (non-hydrogen) atoms. The summed E-state index contributed by atoms with van der Waals surface area (Å²) in [5.41, 5.74) is 0.921. The van der Waals surface area contributed by atoms with Gasteiger partial charge in [-0.2, -0.15) is 4.31 Å². The minimum Gasteiger partial charge on any atom is -0.484 e. The highest BCUT2D eigenvalue weighted by atomic mass is 32.2. The highest BCUT2D eigenvalue weighted by Crippen LogP contribution is 2.35. The van der Waals surface area contributed by atoms with E-state index < -0.39 is 21.9 Å². The molecule has 0 unspecified atom stereocenters. The fourth-order valence-electron chi connectivity index (χ4n) is 3.70. The third-order valence-electron chi connectivity index (χ3n) is 5.59. The normalized spacial score (nSPS) is 18.8. The van der Waals surface area contributed by atoms with E-state index in [0.717, 1.165) is 0 Å². The number of nitrogens with one attached hydrogen (secondary N) is 1. The Morgan fingerprint density at radius 1 is 1.18 bits per heavy atom. The number of hydrogen-bond acceptors (Lipinski definition) is 6. The number of carbonyl (C=O) groups excluding carboxylic acids is 2. The summed E-state index contributed by atoms with van der Waals surface area (Å²) >= 11 is 0. The van der Waals surface area contributed by atoms with Gasteiger partial charge < -0.3 is 19.7 Å². The van der Waals surface area contributed by atoms with Gasteiger partial charge >= 0.3 is 0 Å². The summed E-state index contributed by atoms with van der Waals surface area (Å²) < 4.78 is 51.8. The zero-order chi connectivity index (χ0) is 23.8. The van der Waals surface area contributed by atoms with Crippen molar-refractivity contribution in [3.8, 4) is 11.5 Å². The van der Waals surface area contributed by atoms with Gasteiger partial charge in [0.05, 0.1) is 10.6 Å².